The van der Waals surface area contributed by atoms with Crippen molar-refractivity contribution >= 4 is 18.7 Å². The summed E-state index contributed by atoms with van der Waals surface area (Å²) in [6.07, 6.45) is 2.54. The van der Waals surface area contributed by atoms with Crippen LogP contribution in [-0.2, 0) is 4.74 Å². The smallest absolute Gasteiger partial charge is 0.420 e. The molecule has 1 aromatic heterocycles. The minimum absolute atomic E-state index is 0.328. The summed E-state index contributed by atoms with van der Waals surface area (Å²) in [5, 5.41) is 0.328. The fraction of sp³-hybridized carbons (Fsp3) is 0.500. The summed E-state index contributed by atoms with van der Waals surface area (Å²) in [4.78, 5) is 15.2. The molecule has 0 amide bonds. The molecule has 0 radical (unpaired) electrons. The van der Waals surface area contributed by atoms with E-state index < -0.39 is 11.7 Å². The van der Waals surface area contributed by atoms with E-state index in [9.17, 15) is 4.79 Å². The Hall–Kier alpha value is -0.970. The maximum absolute atomic E-state index is 11.4. The Morgan fingerprint density at radius 1 is 1.62 bits per heavy atom. The van der Waals surface area contributed by atoms with Gasteiger partial charge in [-0.15, -0.1) is 12.6 Å². The fourth-order valence-corrected chi connectivity index (χ4v) is 0.964. The molecule has 0 saturated heterocycles. The van der Waals surface area contributed by atoms with Gasteiger partial charge in [0.1, 0.15) is 5.60 Å². The summed E-state index contributed by atoms with van der Waals surface area (Å²) in [6.45, 7) is 5.42. The third-order valence-electron chi connectivity index (χ3n) is 1.21. The molecule has 0 aromatic carbocycles. The van der Waals surface area contributed by atoms with Gasteiger partial charge < -0.3 is 4.74 Å². The Kier molecular flexibility index (Phi) is 2.66. The van der Waals surface area contributed by atoms with Crippen molar-refractivity contribution in [2.75, 3.05) is 0 Å². The SMILES string of the molecule is CC(C)(C)OC(=O)n1ccnc1S. The summed E-state index contributed by atoms with van der Waals surface area (Å²) in [7, 11) is 0. The zero-order chi connectivity index (χ0) is 10.1. The second-order valence-corrected chi connectivity index (χ2v) is 3.98. The van der Waals surface area contributed by atoms with Crippen LogP contribution in [0.1, 0.15) is 20.8 Å². The van der Waals surface area contributed by atoms with Crippen LogP contribution in [-0.4, -0.2) is 21.2 Å². The van der Waals surface area contributed by atoms with Gasteiger partial charge in [0.2, 0.25) is 0 Å². The van der Waals surface area contributed by atoms with Gasteiger partial charge in [0.05, 0.1) is 0 Å². The molecule has 0 unspecified atom stereocenters. The molecule has 4 nitrogen and oxygen atoms in total. The summed E-state index contributed by atoms with van der Waals surface area (Å²) < 4.78 is 6.34. The minimum Gasteiger partial charge on any atom is -0.443 e. The molecule has 1 heterocycles. The van der Waals surface area contributed by atoms with Gasteiger partial charge in [-0.25, -0.2) is 14.3 Å². The number of imidazole rings is 1. The molecule has 0 saturated carbocycles. The lowest BCUT2D eigenvalue weighted by Gasteiger charge is -2.19. The molecular formula is C8H12N2O2S. The summed E-state index contributed by atoms with van der Waals surface area (Å²) in [5.41, 5.74) is -0.498. The van der Waals surface area contributed by atoms with Crippen molar-refractivity contribution in [1.29, 1.82) is 0 Å². The van der Waals surface area contributed by atoms with Gasteiger partial charge in [-0.05, 0) is 20.8 Å². The van der Waals surface area contributed by atoms with Crippen molar-refractivity contribution < 1.29 is 9.53 Å². The Bertz CT molecular complexity index is 314. The molecule has 0 aliphatic heterocycles. The molecule has 0 aliphatic rings. The van der Waals surface area contributed by atoms with Gasteiger partial charge in [-0.2, -0.15) is 0 Å². The normalized spacial score (nSPS) is 11.4. The van der Waals surface area contributed by atoms with Gasteiger partial charge >= 0.3 is 6.09 Å². The summed E-state index contributed by atoms with van der Waals surface area (Å²) in [5.74, 6) is 0. The first kappa shape index (κ1) is 10.1. The summed E-state index contributed by atoms with van der Waals surface area (Å²) >= 11 is 3.99. The number of ether oxygens (including phenoxy) is 1. The lowest BCUT2D eigenvalue weighted by atomic mass is 10.2. The number of carbonyl (C=O) groups excluding carboxylic acids is 1. The predicted octanol–water partition coefficient (Wildman–Crippen LogP) is 1.95. The molecular weight excluding hydrogens is 188 g/mol. The summed E-state index contributed by atoms with van der Waals surface area (Å²) in [6, 6.07) is 0. The lowest BCUT2D eigenvalue weighted by Crippen LogP contribution is -2.27. The van der Waals surface area contributed by atoms with Gasteiger partial charge in [-0.3, -0.25) is 0 Å². The van der Waals surface area contributed by atoms with Crippen molar-refractivity contribution in [2.45, 2.75) is 31.5 Å². The molecule has 0 atom stereocenters. The first-order valence-electron chi connectivity index (χ1n) is 3.86. The molecule has 13 heavy (non-hydrogen) atoms. The van der Waals surface area contributed by atoms with Crippen LogP contribution in [0.15, 0.2) is 17.6 Å². The average Bonchev–Trinajstić information content (AvgIpc) is 2.30. The topological polar surface area (TPSA) is 44.1 Å². The van der Waals surface area contributed by atoms with Crippen molar-refractivity contribution in [3.8, 4) is 0 Å². The molecule has 0 aliphatic carbocycles. The van der Waals surface area contributed by atoms with Crippen molar-refractivity contribution in [3.63, 3.8) is 0 Å². The van der Waals surface area contributed by atoms with Crippen LogP contribution in [0.4, 0.5) is 4.79 Å². The largest absolute Gasteiger partial charge is 0.443 e. The van der Waals surface area contributed by atoms with Gasteiger partial charge in [-0.1, -0.05) is 0 Å². The van der Waals surface area contributed by atoms with E-state index in [2.05, 4.69) is 17.6 Å². The number of nitrogens with zero attached hydrogens (tertiary/aromatic N) is 2. The Morgan fingerprint density at radius 2 is 2.23 bits per heavy atom. The van der Waals surface area contributed by atoms with Gasteiger partial charge in [0.15, 0.2) is 5.16 Å². The molecule has 72 valence electrons. The maximum atomic E-state index is 11.4. The Labute approximate surface area is 82.3 Å². The van der Waals surface area contributed by atoms with Gasteiger partial charge in [0.25, 0.3) is 0 Å². The van der Waals surface area contributed by atoms with Crippen LogP contribution in [0.5, 0.6) is 0 Å². The van der Waals surface area contributed by atoms with Gasteiger partial charge in [0, 0.05) is 12.4 Å². The van der Waals surface area contributed by atoms with E-state index in [0.29, 0.717) is 5.16 Å². The molecule has 1 aromatic rings. The van der Waals surface area contributed by atoms with Crippen molar-refractivity contribution in [2.24, 2.45) is 0 Å². The molecule has 0 spiro atoms. The highest BCUT2D eigenvalue weighted by molar-refractivity contribution is 7.80. The maximum Gasteiger partial charge on any atom is 0.420 e. The van der Waals surface area contributed by atoms with Crippen LogP contribution < -0.4 is 0 Å². The average molecular weight is 200 g/mol. The highest BCUT2D eigenvalue weighted by atomic mass is 32.1. The monoisotopic (exact) mass is 200 g/mol. The van der Waals surface area contributed by atoms with Crippen molar-refractivity contribution in [3.05, 3.63) is 12.4 Å². The van der Waals surface area contributed by atoms with E-state index in [1.807, 2.05) is 0 Å². The van der Waals surface area contributed by atoms with Crippen LogP contribution in [0.25, 0.3) is 0 Å². The minimum atomic E-state index is -0.498. The van der Waals surface area contributed by atoms with E-state index in [-0.39, 0.29) is 0 Å². The van der Waals surface area contributed by atoms with Crippen molar-refractivity contribution in [1.82, 2.24) is 9.55 Å². The van der Waals surface area contributed by atoms with E-state index in [1.54, 1.807) is 20.8 Å². The number of hydrogen-bond acceptors (Lipinski definition) is 4. The molecule has 0 fully saturated rings. The van der Waals surface area contributed by atoms with E-state index >= 15 is 0 Å². The number of thiol groups is 1. The van der Waals surface area contributed by atoms with Crippen LogP contribution >= 0.6 is 12.6 Å². The number of rotatable bonds is 0. The highest BCUT2D eigenvalue weighted by Crippen LogP contribution is 2.11. The second kappa shape index (κ2) is 3.41. The van der Waals surface area contributed by atoms with E-state index in [4.69, 9.17) is 4.74 Å². The molecule has 5 heteroatoms. The third kappa shape index (κ3) is 2.77. The first-order chi connectivity index (χ1) is 5.90. The zero-order valence-corrected chi connectivity index (χ0v) is 8.71. The standard InChI is InChI=1S/C8H12N2O2S/c1-8(2,3)12-7(11)10-5-4-9-6(10)13/h4-5H,1-3H3,(H,9,13). The van der Waals surface area contributed by atoms with Crippen LogP contribution in [0, 0.1) is 0 Å². The first-order valence-corrected chi connectivity index (χ1v) is 4.30. The number of hydrogen-bond donors (Lipinski definition) is 1. The number of carbonyl (C=O) groups is 1. The third-order valence-corrected chi connectivity index (χ3v) is 1.54. The quantitative estimate of drug-likeness (QED) is 0.651. The van der Waals surface area contributed by atoms with Crippen LogP contribution in [0.2, 0.25) is 0 Å². The van der Waals surface area contributed by atoms with Crippen LogP contribution in [0.3, 0.4) is 0 Å². The van der Waals surface area contributed by atoms with E-state index in [0.717, 1.165) is 0 Å². The predicted molar refractivity (Wildman–Crippen MR) is 51.1 cm³/mol. The second-order valence-electron chi connectivity index (χ2n) is 3.58. The zero-order valence-electron chi connectivity index (χ0n) is 7.81. The van der Waals surface area contributed by atoms with E-state index in [1.165, 1.54) is 17.0 Å². The number of aromatic nitrogens is 2. The molecule has 1 rings (SSSR count). The molecule has 0 bridgehead atoms. The lowest BCUT2D eigenvalue weighted by molar-refractivity contribution is 0.0522. The Balaban J connectivity index is 2.76. The highest BCUT2D eigenvalue weighted by Gasteiger charge is 2.18. The Morgan fingerprint density at radius 3 is 2.62 bits per heavy atom. The molecule has 0 N–H and O–H groups in total. The fourth-order valence-electron chi connectivity index (χ4n) is 0.749.